The molecule has 0 bridgehead atoms. The van der Waals surface area contributed by atoms with Gasteiger partial charge in [-0.1, -0.05) is 4.49 Å². The second kappa shape index (κ2) is 1.22. The van der Waals surface area contributed by atoms with Crippen LogP contribution in [0, 0.1) is 0 Å². The maximum Gasteiger partial charge on any atom is 0.179 e. The summed E-state index contributed by atoms with van der Waals surface area (Å²) in [6.45, 7) is 0. The molecule has 0 aliphatic heterocycles. The Bertz CT molecular complexity index is 112. The normalized spacial score (nSPS) is 8.67. The lowest BCUT2D eigenvalue weighted by atomic mass is 10.9. The summed E-state index contributed by atoms with van der Waals surface area (Å²) in [6.07, 6.45) is 0. The molecule has 0 atom stereocenters. The fraction of sp³-hybridized carbons (Fsp3) is 0. The Morgan fingerprint density at radius 1 is 1.83 bits per heavy atom. The summed E-state index contributed by atoms with van der Waals surface area (Å²) in [6, 6.07) is 0. The summed E-state index contributed by atoms with van der Waals surface area (Å²) in [7, 11) is 0. The molecule has 1 heterocycles. The molecule has 0 aliphatic carbocycles. The maximum absolute atomic E-state index is 6.71. The first-order valence-corrected chi connectivity index (χ1v) is 2.22. The van der Waals surface area contributed by atoms with Crippen molar-refractivity contribution in [1.29, 1.82) is 0 Å². The monoisotopic (exact) mass is 100.0 g/mol. The molecule has 3 nitrogen and oxygen atoms in total. The zero-order valence-electron chi connectivity index (χ0n) is 2.88. The second-order valence-corrected chi connectivity index (χ2v) is 1.40. The summed E-state index contributed by atoms with van der Waals surface area (Å²) < 4.78 is 3.43. The van der Waals surface area contributed by atoms with Crippen molar-refractivity contribution in [3.8, 4) is 0 Å². The predicted molar refractivity (Wildman–Crippen MR) is 22.7 cm³/mol. The zero-order chi connectivity index (χ0) is 4.41. The van der Waals surface area contributed by atoms with Crippen LogP contribution in [0.5, 0.6) is 0 Å². The third kappa shape index (κ3) is 0.463. The molecule has 0 unspecified atom stereocenters. The van der Waals surface area contributed by atoms with Crippen LogP contribution in [0.25, 0.3) is 0 Å². The Kier molecular flexibility index (Phi) is 0.719. The number of hydrogen-bond acceptors (Lipinski definition) is 3. The number of hydrogen-bond donors (Lipinski definition) is 0. The van der Waals surface area contributed by atoms with E-state index in [-0.39, 0.29) is 5.82 Å². The lowest BCUT2D eigenvalue weighted by molar-refractivity contribution is 1.13. The minimum Gasteiger partial charge on any atom is -0.281 e. The minimum absolute atomic E-state index is 0.250. The quantitative estimate of drug-likeness (QED) is 0.475. The summed E-state index contributed by atoms with van der Waals surface area (Å²) in [5, 5.41) is 4.92. The average Bonchev–Trinajstić information content (AvgIpc) is 1.86. The Balaban J connectivity index is 3.05. The molecule has 0 aromatic carbocycles. The molecular formula is C2H2N3S. The van der Waals surface area contributed by atoms with E-state index in [1.165, 1.54) is 11.5 Å². The topological polar surface area (TPSA) is 49.6 Å². The molecule has 0 aliphatic rings. The highest BCUT2D eigenvalue weighted by Gasteiger charge is 1.80. The van der Waals surface area contributed by atoms with Crippen LogP contribution >= 0.6 is 11.5 Å². The minimum atomic E-state index is 0.250. The fourth-order valence-electron chi connectivity index (χ4n) is 0.165. The van der Waals surface area contributed by atoms with Crippen molar-refractivity contribution >= 4 is 17.4 Å². The van der Waals surface area contributed by atoms with Gasteiger partial charge in [0.05, 0.1) is 5.38 Å². The van der Waals surface area contributed by atoms with Crippen LogP contribution in [0.4, 0.5) is 5.82 Å². The van der Waals surface area contributed by atoms with Gasteiger partial charge in [-0.2, -0.15) is 0 Å². The van der Waals surface area contributed by atoms with Crippen LogP contribution in [-0.2, 0) is 0 Å². The van der Waals surface area contributed by atoms with Gasteiger partial charge in [0.2, 0.25) is 0 Å². The summed E-state index contributed by atoms with van der Waals surface area (Å²) >= 11 is 1.19. The van der Waals surface area contributed by atoms with Crippen LogP contribution in [0.2, 0.25) is 0 Å². The van der Waals surface area contributed by atoms with Crippen molar-refractivity contribution in [1.82, 2.24) is 15.3 Å². The van der Waals surface area contributed by atoms with Gasteiger partial charge in [-0.15, -0.1) is 5.10 Å². The third-order valence-corrected chi connectivity index (χ3v) is 0.865. The Morgan fingerprint density at radius 3 is 2.83 bits per heavy atom. The predicted octanol–water partition coefficient (Wildman–Crippen LogP) is 0.452. The Labute approximate surface area is 39.0 Å². The van der Waals surface area contributed by atoms with E-state index in [0.717, 1.165) is 0 Å². The van der Waals surface area contributed by atoms with Gasteiger partial charge in [-0.25, -0.2) is 0 Å². The van der Waals surface area contributed by atoms with Crippen LogP contribution in [0.1, 0.15) is 0 Å². The first-order valence-electron chi connectivity index (χ1n) is 1.38. The highest BCUT2D eigenvalue weighted by Crippen LogP contribution is 1.96. The largest absolute Gasteiger partial charge is 0.281 e. The molecule has 31 valence electrons. The smallest absolute Gasteiger partial charge is 0.179 e. The first-order chi connectivity index (χ1) is 2.89. The highest BCUT2D eigenvalue weighted by atomic mass is 32.1. The molecule has 1 aromatic rings. The molecule has 6 heavy (non-hydrogen) atoms. The van der Waals surface area contributed by atoms with E-state index in [2.05, 4.69) is 9.59 Å². The Morgan fingerprint density at radius 2 is 2.67 bits per heavy atom. The molecule has 1 N–H and O–H groups in total. The first kappa shape index (κ1) is 3.55. The standard InChI is InChI=1S/C2H2N3S/c3-2-1-6-5-4-2/h1,3H. The molecule has 0 amide bonds. The summed E-state index contributed by atoms with van der Waals surface area (Å²) in [5.41, 5.74) is 6.71. The van der Waals surface area contributed by atoms with E-state index in [9.17, 15) is 0 Å². The van der Waals surface area contributed by atoms with Gasteiger partial charge in [0.15, 0.2) is 5.82 Å². The molecule has 0 spiro atoms. The zero-order valence-corrected chi connectivity index (χ0v) is 3.70. The van der Waals surface area contributed by atoms with E-state index >= 15 is 0 Å². The van der Waals surface area contributed by atoms with Crippen molar-refractivity contribution in [2.75, 3.05) is 0 Å². The van der Waals surface area contributed by atoms with E-state index in [1.54, 1.807) is 5.38 Å². The maximum atomic E-state index is 6.71. The van der Waals surface area contributed by atoms with E-state index in [4.69, 9.17) is 5.73 Å². The van der Waals surface area contributed by atoms with E-state index < -0.39 is 0 Å². The molecule has 1 aromatic heterocycles. The lowest BCUT2D eigenvalue weighted by Crippen LogP contribution is -1.63. The number of aromatic nitrogens is 2. The average molecular weight is 100 g/mol. The van der Waals surface area contributed by atoms with Gasteiger partial charge in [-0.05, 0) is 11.5 Å². The molecule has 0 saturated heterocycles. The molecule has 0 saturated carbocycles. The molecule has 1 radical (unpaired) electrons. The molecular weight excluding hydrogens is 98.1 g/mol. The van der Waals surface area contributed by atoms with Gasteiger partial charge < -0.3 is 0 Å². The Hall–Kier alpha value is -0.640. The second-order valence-electron chi connectivity index (χ2n) is 0.790. The van der Waals surface area contributed by atoms with Crippen molar-refractivity contribution in [2.24, 2.45) is 0 Å². The van der Waals surface area contributed by atoms with Crippen molar-refractivity contribution in [2.45, 2.75) is 0 Å². The van der Waals surface area contributed by atoms with Gasteiger partial charge in [0.25, 0.3) is 0 Å². The van der Waals surface area contributed by atoms with Crippen molar-refractivity contribution < 1.29 is 0 Å². The van der Waals surface area contributed by atoms with Crippen LogP contribution in [0.3, 0.4) is 0 Å². The van der Waals surface area contributed by atoms with Gasteiger partial charge in [0, 0.05) is 0 Å². The summed E-state index contributed by atoms with van der Waals surface area (Å²) in [4.78, 5) is 0. The van der Waals surface area contributed by atoms with Gasteiger partial charge in [-0.3, -0.25) is 5.73 Å². The SMILES string of the molecule is [NH]c1csnn1. The van der Waals surface area contributed by atoms with Crippen molar-refractivity contribution in [3.05, 3.63) is 5.38 Å². The number of rotatable bonds is 0. The number of nitrogens with one attached hydrogen (secondary N) is 1. The summed E-state index contributed by atoms with van der Waals surface area (Å²) in [5.74, 6) is 0.250. The number of nitrogens with zero attached hydrogens (tertiary/aromatic N) is 2. The van der Waals surface area contributed by atoms with Gasteiger partial charge >= 0.3 is 0 Å². The van der Waals surface area contributed by atoms with Crippen LogP contribution in [-0.4, -0.2) is 9.59 Å². The van der Waals surface area contributed by atoms with E-state index in [0.29, 0.717) is 0 Å². The van der Waals surface area contributed by atoms with Gasteiger partial charge in [0.1, 0.15) is 0 Å². The molecule has 0 fully saturated rings. The molecule has 1 rings (SSSR count). The van der Waals surface area contributed by atoms with Crippen LogP contribution in [0.15, 0.2) is 5.38 Å². The fourth-order valence-corrected chi connectivity index (χ4v) is 0.494. The van der Waals surface area contributed by atoms with Crippen molar-refractivity contribution in [3.63, 3.8) is 0 Å². The van der Waals surface area contributed by atoms with Crippen LogP contribution < -0.4 is 5.73 Å². The molecule has 4 heteroatoms. The lowest BCUT2D eigenvalue weighted by Gasteiger charge is -1.61. The highest BCUT2D eigenvalue weighted by molar-refractivity contribution is 7.03. The van der Waals surface area contributed by atoms with E-state index in [1.807, 2.05) is 0 Å². The third-order valence-electron chi connectivity index (χ3n) is 0.360.